The van der Waals surface area contributed by atoms with Gasteiger partial charge < -0.3 is 25.0 Å². The van der Waals surface area contributed by atoms with E-state index >= 15 is 0 Å². The van der Waals surface area contributed by atoms with E-state index in [1.54, 1.807) is 43.5 Å². The molecule has 1 aliphatic heterocycles. The van der Waals surface area contributed by atoms with Crippen molar-refractivity contribution in [3.8, 4) is 5.75 Å². The predicted molar refractivity (Wildman–Crippen MR) is 130 cm³/mol. The van der Waals surface area contributed by atoms with Crippen LogP contribution in [0.15, 0.2) is 66.7 Å². The van der Waals surface area contributed by atoms with Crippen LogP contribution in [0.3, 0.4) is 0 Å². The van der Waals surface area contributed by atoms with E-state index < -0.39 is 5.97 Å². The SMILES string of the molecule is COc1ccc(C(=O)Nc2ccc(N3CCN(c4ccccc4C)CC3)cc2C(=O)O)cc1. The van der Waals surface area contributed by atoms with Gasteiger partial charge in [0.05, 0.1) is 18.4 Å². The van der Waals surface area contributed by atoms with E-state index in [4.69, 9.17) is 4.74 Å². The molecule has 170 valence electrons. The molecule has 3 aromatic carbocycles. The molecule has 2 N–H and O–H groups in total. The molecule has 1 aliphatic rings. The zero-order valence-electron chi connectivity index (χ0n) is 18.7. The Bertz CT molecular complexity index is 1150. The first kappa shape index (κ1) is 22.2. The van der Waals surface area contributed by atoms with E-state index in [9.17, 15) is 14.7 Å². The van der Waals surface area contributed by atoms with Crippen molar-refractivity contribution >= 4 is 28.9 Å². The van der Waals surface area contributed by atoms with Crippen LogP contribution in [-0.2, 0) is 0 Å². The number of methoxy groups -OCH3 is 1. The fourth-order valence-corrected chi connectivity index (χ4v) is 4.08. The standard InChI is InChI=1S/C26H27N3O4/c1-18-5-3-4-6-24(18)29-15-13-28(14-16-29)20-9-12-23(22(17-20)26(31)32)27-25(30)19-7-10-21(33-2)11-8-19/h3-12,17H,13-16H2,1-2H3,(H,27,30)(H,31,32). The normalized spacial score (nSPS) is 13.5. The van der Waals surface area contributed by atoms with Crippen molar-refractivity contribution < 1.29 is 19.4 Å². The quantitative estimate of drug-likeness (QED) is 0.589. The van der Waals surface area contributed by atoms with Crippen LogP contribution in [0.5, 0.6) is 5.75 Å². The van der Waals surface area contributed by atoms with Crippen LogP contribution in [0.2, 0.25) is 0 Å². The molecule has 0 radical (unpaired) electrons. The summed E-state index contributed by atoms with van der Waals surface area (Å²) in [6.07, 6.45) is 0. The monoisotopic (exact) mass is 445 g/mol. The zero-order chi connectivity index (χ0) is 23.4. The number of benzene rings is 3. The number of ether oxygens (including phenoxy) is 1. The minimum atomic E-state index is -1.08. The van der Waals surface area contributed by atoms with Crippen molar-refractivity contribution in [2.75, 3.05) is 48.4 Å². The van der Waals surface area contributed by atoms with Crippen molar-refractivity contribution in [1.82, 2.24) is 0 Å². The number of carboxylic acid groups (broad SMARTS) is 1. The van der Waals surface area contributed by atoms with E-state index in [0.717, 1.165) is 31.9 Å². The number of hydrogen-bond acceptors (Lipinski definition) is 5. The minimum Gasteiger partial charge on any atom is -0.497 e. The molecule has 4 rings (SSSR count). The second-order valence-corrected chi connectivity index (χ2v) is 7.98. The summed E-state index contributed by atoms with van der Waals surface area (Å²) in [6.45, 7) is 5.38. The van der Waals surface area contributed by atoms with Crippen molar-refractivity contribution in [2.45, 2.75) is 6.92 Å². The number of para-hydroxylation sites is 1. The highest BCUT2D eigenvalue weighted by atomic mass is 16.5. The third-order valence-corrected chi connectivity index (χ3v) is 5.93. The Morgan fingerprint density at radius 2 is 1.58 bits per heavy atom. The molecule has 0 aromatic heterocycles. The fraction of sp³-hybridized carbons (Fsp3) is 0.231. The fourth-order valence-electron chi connectivity index (χ4n) is 4.08. The van der Waals surface area contributed by atoms with E-state index in [2.05, 4.69) is 34.2 Å². The number of nitrogens with one attached hydrogen (secondary N) is 1. The molecular formula is C26H27N3O4. The van der Waals surface area contributed by atoms with Gasteiger partial charge in [0.15, 0.2) is 0 Å². The third-order valence-electron chi connectivity index (χ3n) is 5.93. The van der Waals surface area contributed by atoms with Crippen molar-refractivity contribution in [1.29, 1.82) is 0 Å². The van der Waals surface area contributed by atoms with Gasteiger partial charge in [-0.15, -0.1) is 0 Å². The molecule has 3 aromatic rings. The number of amides is 1. The lowest BCUT2D eigenvalue weighted by Crippen LogP contribution is -2.46. The van der Waals surface area contributed by atoms with E-state index in [-0.39, 0.29) is 17.2 Å². The second kappa shape index (κ2) is 9.65. The van der Waals surface area contributed by atoms with Gasteiger partial charge in [-0.05, 0) is 61.0 Å². The van der Waals surface area contributed by atoms with E-state index in [1.165, 1.54) is 11.3 Å². The first-order valence-corrected chi connectivity index (χ1v) is 10.8. The second-order valence-electron chi connectivity index (χ2n) is 7.98. The van der Waals surface area contributed by atoms with Crippen LogP contribution in [-0.4, -0.2) is 50.3 Å². The summed E-state index contributed by atoms with van der Waals surface area (Å²) in [6, 6.07) is 20.1. The van der Waals surface area contributed by atoms with Gasteiger partial charge in [-0.1, -0.05) is 18.2 Å². The molecular weight excluding hydrogens is 418 g/mol. The molecule has 0 unspecified atom stereocenters. The largest absolute Gasteiger partial charge is 0.497 e. The summed E-state index contributed by atoms with van der Waals surface area (Å²) in [5.41, 5.74) is 4.07. The van der Waals surface area contributed by atoms with Gasteiger partial charge in [0.1, 0.15) is 5.75 Å². The Hall–Kier alpha value is -4.00. The van der Waals surface area contributed by atoms with Gasteiger partial charge in [0.25, 0.3) is 5.91 Å². The lowest BCUT2D eigenvalue weighted by atomic mass is 10.1. The highest BCUT2D eigenvalue weighted by Crippen LogP contribution is 2.27. The Morgan fingerprint density at radius 1 is 0.909 bits per heavy atom. The third kappa shape index (κ3) is 4.92. The molecule has 0 aliphatic carbocycles. The molecule has 0 saturated carbocycles. The number of hydrogen-bond donors (Lipinski definition) is 2. The van der Waals surface area contributed by atoms with Gasteiger partial charge in [0, 0.05) is 43.1 Å². The number of piperazine rings is 1. The molecule has 1 fully saturated rings. The molecule has 1 amide bonds. The Labute approximate surface area is 193 Å². The number of nitrogens with zero attached hydrogens (tertiary/aromatic N) is 2. The first-order chi connectivity index (χ1) is 16.0. The molecule has 1 saturated heterocycles. The molecule has 0 bridgehead atoms. The summed E-state index contributed by atoms with van der Waals surface area (Å²) in [7, 11) is 1.55. The number of aromatic carboxylic acids is 1. The van der Waals surface area contributed by atoms with Gasteiger partial charge in [0.2, 0.25) is 0 Å². The van der Waals surface area contributed by atoms with Gasteiger partial charge in [-0.25, -0.2) is 4.79 Å². The predicted octanol–water partition coefficient (Wildman–Crippen LogP) is 4.28. The number of carboxylic acids is 1. The van der Waals surface area contributed by atoms with Gasteiger partial charge >= 0.3 is 5.97 Å². The average Bonchev–Trinajstić information content (AvgIpc) is 2.84. The zero-order valence-corrected chi connectivity index (χ0v) is 18.7. The lowest BCUT2D eigenvalue weighted by Gasteiger charge is -2.38. The maximum atomic E-state index is 12.6. The molecule has 33 heavy (non-hydrogen) atoms. The van der Waals surface area contributed by atoms with Crippen LogP contribution < -0.4 is 19.9 Å². The van der Waals surface area contributed by atoms with Crippen LogP contribution >= 0.6 is 0 Å². The van der Waals surface area contributed by atoms with Gasteiger partial charge in [-0.3, -0.25) is 4.79 Å². The van der Waals surface area contributed by atoms with Crippen LogP contribution in [0.25, 0.3) is 0 Å². The molecule has 0 atom stereocenters. The molecule has 7 nitrogen and oxygen atoms in total. The number of anilines is 3. The summed E-state index contributed by atoms with van der Waals surface area (Å²) < 4.78 is 5.11. The number of carbonyl (C=O) groups excluding carboxylic acids is 1. The summed E-state index contributed by atoms with van der Waals surface area (Å²) in [5.74, 6) is -0.815. The highest BCUT2D eigenvalue weighted by Gasteiger charge is 2.21. The van der Waals surface area contributed by atoms with Crippen LogP contribution in [0, 0.1) is 6.92 Å². The highest BCUT2D eigenvalue weighted by molar-refractivity contribution is 6.08. The van der Waals surface area contributed by atoms with Crippen molar-refractivity contribution in [2.24, 2.45) is 0 Å². The maximum absolute atomic E-state index is 12.6. The maximum Gasteiger partial charge on any atom is 0.337 e. The molecule has 0 spiro atoms. The Kier molecular flexibility index (Phi) is 6.49. The topological polar surface area (TPSA) is 82.1 Å². The lowest BCUT2D eigenvalue weighted by molar-refractivity contribution is 0.0698. The first-order valence-electron chi connectivity index (χ1n) is 10.8. The summed E-state index contributed by atoms with van der Waals surface area (Å²) in [4.78, 5) is 29.1. The Balaban J connectivity index is 1.47. The Morgan fingerprint density at radius 3 is 2.21 bits per heavy atom. The smallest absolute Gasteiger partial charge is 0.337 e. The van der Waals surface area contributed by atoms with E-state index in [1.807, 2.05) is 18.2 Å². The van der Waals surface area contributed by atoms with E-state index in [0.29, 0.717) is 11.3 Å². The van der Waals surface area contributed by atoms with Crippen molar-refractivity contribution in [3.63, 3.8) is 0 Å². The summed E-state index contributed by atoms with van der Waals surface area (Å²) in [5, 5.41) is 12.5. The average molecular weight is 446 g/mol. The van der Waals surface area contributed by atoms with Crippen LogP contribution in [0.4, 0.5) is 17.1 Å². The number of rotatable bonds is 6. The number of carbonyl (C=O) groups is 2. The van der Waals surface area contributed by atoms with Gasteiger partial charge in [-0.2, -0.15) is 0 Å². The number of aryl methyl sites for hydroxylation is 1. The van der Waals surface area contributed by atoms with Crippen molar-refractivity contribution in [3.05, 3.63) is 83.4 Å². The molecule has 7 heteroatoms. The summed E-state index contributed by atoms with van der Waals surface area (Å²) >= 11 is 0. The molecule has 1 heterocycles. The minimum absolute atomic E-state index is 0.0655. The van der Waals surface area contributed by atoms with Crippen LogP contribution in [0.1, 0.15) is 26.3 Å².